The third-order valence-electron chi connectivity index (χ3n) is 4.22. The summed E-state index contributed by atoms with van der Waals surface area (Å²) in [6.45, 7) is 1.21. The summed E-state index contributed by atoms with van der Waals surface area (Å²) < 4.78 is 0. The van der Waals surface area contributed by atoms with E-state index in [0.717, 1.165) is 19.3 Å². The Morgan fingerprint density at radius 2 is 1.87 bits per heavy atom. The average Bonchev–Trinajstić information content (AvgIpc) is 2.59. The van der Waals surface area contributed by atoms with E-state index in [4.69, 9.17) is 0 Å². The summed E-state index contributed by atoms with van der Waals surface area (Å²) in [6, 6.07) is 10.3. The first-order chi connectivity index (χ1) is 11.3. The first kappa shape index (κ1) is 15.5. The number of anilines is 1. The molecule has 0 fully saturated rings. The lowest BCUT2D eigenvalue weighted by Crippen LogP contribution is -2.31. The molecule has 2 N–H and O–H groups in total. The van der Waals surface area contributed by atoms with E-state index < -0.39 is 0 Å². The lowest BCUT2D eigenvalue weighted by atomic mass is 9.82. The van der Waals surface area contributed by atoms with E-state index in [2.05, 4.69) is 44.9 Å². The molecule has 0 saturated heterocycles. The van der Waals surface area contributed by atoms with Crippen LogP contribution in [0.1, 0.15) is 24.0 Å². The molecule has 5 nitrogen and oxygen atoms in total. The summed E-state index contributed by atoms with van der Waals surface area (Å²) in [4.78, 5) is 20.2. The van der Waals surface area contributed by atoms with E-state index in [1.54, 1.807) is 18.5 Å². The number of amides is 1. The smallest absolute Gasteiger partial charge is 0.222 e. The molecule has 1 aromatic heterocycles. The van der Waals surface area contributed by atoms with Gasteiger partial charge < -0.3 is 10.6 Å². The topological polar surface area (TPSA) is 66.9 Å². The number of hydrogen-bond donors (Lipinski definition) is 2. The second-order valence-corrected chi connectivity index (χ2v) is 5.93. The molecule has 23 heavy (non-hydrogen) atoms. The van der Waals surface area contributed by atoms with Gasteiger partial charge in [-0.15, -0.1) is 0 Å². The molecule has 0 saturated carbocycles. The predicted octanol–water partition coefficient (Wildman–Crippen LogP) is 2.20. The maximum Gasteiger partial charge on any atom is 0.222 e. The van der Waals surface area contributed by atoms with E-state index in [-0.39, 0.29) is 5.91 Å². The van der Waals surface area contributed by atoms with Crippen molar-refractivity contribution in [2.24, 2.45) is 5.92 Å². The molecule has 1 aliphatic rings. The number of aromatic nitrogens is 2. The van der Waals surface area contributed by atoms with Gasteiger partial charge in [0.2, 0.25) is 11.9 Å². The number of rotatable bonds is 6. The molecule has 0 spiro atoms. The minimum atomic E-state index is 0.130. The number of benzene rings is 1. The number of nitrogens with zero attached hydrogens (tertiary/aromatic N) is 2. The van der Waals surface area contributed by atoms with E-state index in [9.17, 15) is 4.79 Å². The maximum absolute atomic E-state index is 12.1. The van der Waals surface area contributed by atoms with Crippen LogP contribution in [0.15, 0.2) is 42.7 Å². The molecule has 0 aliphatic heterocycles. The molecular formula is C18H22N4O. The molecule has 0 unspecified atom stereocenters. The average molecular weight is 310 g/mol. The van der Waals surface area contributed by atoms with Gasteiger partial charge in [-0.1, -0.05) is 24.3 Å². The van der Waals surface area contributed by atoms with Crippen molar-refractivity contribution in [3.63, 3.8) is 0 Å². The number of carbonyl (C=O) groups is 1. The Bertz CT molecular complexity index is 644. The molecule has 120 valence electrons. The van der Waals surface area contributed by atoms with Crippen molar-refractivity contribution < 1.29 is 4.79 Å². The second kappa shape index (κ2) is 7.72. The first-order valence-corrected chi connectivity index (χ1v) is 8.15. The lowest BCUT2D eigenvalue weighted by molar-refractivity contribution is -0.122. The number of fused-ring (bicyclic) bond motifs is 1. The van der Waals surface area contributed by atoms with Crippen molar-refractivity contribution in [2.75, 3.05) is 18.4 Å². The van der Waals surface area contributed by atoms with E-state index in [1.807, 2.05) is 0 Å². The number of hydrogen-bond acceptors (Lipinski definition) is 4. The normalized spacial score (nSPS) is 16.4. The highest BCUT2D eigenvalue weighted by molar-refractivity contribution is 5.76. The van der Waals surface area contributed by atoms with Crippen LogP contribution in [0.5, 0.6) is 0 Å². The van der Waals surface area contributed by atoms with Gasteiger partial charge in [0.25, 0.3) is 0 Å². The maximum atomic E-state index is 12.1. The van der Waals surface area contributed by atoms with Crippen LogP contribution < -0.4 is 10.6 Å². The zero-order valence-corrected chi connectivity index (χ0v) is 13.2. The van der Waals surface area contributed by atoms with Crippen molar-refractivity contribution >= 4 is 11.9 Å². The summed E-state index contributed by atoms with van der Waals surface area (Å²) in [6.07, 6.45) is 7.18. The zero-order valence-electron chi connectivity index (χ0n) is 13.2. The van der Waals surface area contributed by atoms with Crippen LogP contribution in [-0.2, 0) is 17.6 Å². The standard InChI is InChI=1S/C18H22N4O/c23-17(19-10-11-22-18-20-8-3-9-21-18)13-14-6-7-15-4-1-2-5-16(15)12-14/h1-5,8-9,14H,6-7,10-13H2,(H,19,23)(H,20,21,22)/t14-/m1/s1. The van der Waals surface area contributed by atoms with Crippen LogP contribution in [0.3, 0.4) is 0 Å². The Kier molecular flexibility index (Phi) is 5.19. The van der Waals surface area contributed by atoms with Crippen LogP contribution in [0, 0.1) is 5.92 Å². The zero-order chi connectivity index (χ0) is 15.9. The number of aryl methyl sites for hydroxylation is 1. The third-order valence-corrected chi connectivity index (χ3v) is 4.22. The molecule has 1 atom stereocenters. The monoisotopic (exact) mass is 310 g/mol. The molecule has 1 heterocycles. The number of nitrogens with one attached hydrogen (secondary N) is 2. The Morgan fingerprint density at radius 3 is 2.70 bits per heavy atom. The SMILES string of the molecule is O=C(C[C@@H]1CCc2ccccc2C1)NCCNc1ncccn1. The van der Waals surface area contributed by atoms with Gasteiger partial charge in [0.15, 0.2) is 0 Å². The van der Waals surface area contributed by atoms with Gasteiger partial charge in [0.05, 0.1) is 0 Å². The van der Waals surface area contributed by atoms with Crippen molar-refractivity contribution in [3.8, 4) is 0 Å². The van der Waals surface area contributed by atoms with Gasteiger partial charge >= 0.3 is 0 Å². The third kappa shape index (κ3) is 4.52. The summed E-state index contributed by atoms with van der Waals surface area (Å²) in [5, 5.41) is 6.05. The van der Waals surface area contributed by atoms with Crippen molar-refractivity contribution in [2.45, 2.75) is 25.7 Å². The van der Waals surface area contributed by atoms with Gasteiger partial charge in [-0.05, 0) is 42.4 Å². The van der Waals surface area contributed by atoms with E-state index in [0.29, 0.717) is 31.4 Å². The van der Waals surface area contributed by atoms with Gasteiger partial charge in [0.1, 0.15) is 0 Å². The van der Waals surface area contributed by atoms with Crippen LogP contribution in [0.2, 0.25) is 0 Å². The predicted molar refractivity (Wildman–Crippen MR) is 90.1 cm³/mol. The molecule has 1 aromatic carbocycles. The highest BCUT2D eigenvalue weighted by Crippen LogP contribution is 2.27. The number of carbonyl (C=O) groups excluding carboxylic acids is 1. The lowest BCUT2D eigenvalue weighted by Gasteiger charge is -2.24. The van der Waals surface area contributed by atoms with Crippen LogP contribution in [0.25, 0.3) is 0 Å². The van der Waals surface area contributed by atoms with Crippen molar-refractivity contribution in [1.29, 1.82) is 0 Å². The molecule has 0 radical (unpaired) electrons. The van der Waals surface area contributed by atoms with Gasteiger partial charge in [-0.2, -0.15) is 0 Å². The fraction of sp³-hybridized carbons (Fsp3) is 0.389. The minimum Gasteiger partial charge on any atom is -0.354 e. The van der Waals surface area contributed by atoms with Crippen LogP contribution in [0.4, 0.5) is 5.95 Å². The van der Waals surface area contributed by atoms with Crippen molar-refractivity contribution in [3.05, 3.63) is 53.9 Å². The largest absolute Gasteiger partial charge is 0.354 e. The highest BCUT2D eigenvalue weighted by atomic mass is 16.1. The Balaban J connectivity index is 1.37. The molecule has 5 heteroatoms. The molecule has 1 aliphatic carbocycles. The van der Waals surface area contributed by atoms with Gasteiger partial charge in [-0.25, -0.2) is 9.97 Å². The summed E-state index contributed by atoms with van der Waals surface area (Å²) in [5.41, 5.74) is 2.84. The molecule has 3 rings (SSSR count). The minimum absolute atomic E-state index is 0.130. The Labute approximate surface area is 136 Å². The Morgan fingerprint density at radius 1 is 1.09 bits per heavy atom. The fourth-order valence-electron chi connectivity index (χ4n) is 3.05. The summed E-state index contributed by atoms with van der Waals surface area (Å²) >= 11 is 0. The summed E-state index contributed by atoms with van der Waals surface area (Å²) in [7, 11) is 0. The molecule has 1 amide bonds. The first-order valence-electron chi connectivity index (χ1n) is 8.15. The molecule has 0 bridgehead atoms. The Hall–Kier alpha value is -2.43. The molecular weight excluding hydrogens is 288 g/mol. The van der Waals surface area contributed by atoms with Crippen LogP contribution in [-0.4, -0.2) is 29.0 Å². The van der Waals surface area contributed by atoms with Crippen LogP contribution >= 0.6 is 0 Å². The van der Waals surface area contributed by atoms with Gasteiger partial charge in [-0.3, -0.25) is 4.79 Å². The van der Waals surface area contributed by atoms with Crippen molar-refractivity contribution in [1.82, 2.24) is 15.3 Å². The summed E-state index contributed by atoms with van der Waals surface area (Å²) in [5.74, 6) is 1.17. The quantitative estimate of drug-likeness (QED) is 0.803. The van der Waals surface area contributed by atoms with E-state index >= 15 is 0 Å². The second-order valence-electron chi connectivity index (χ2n) is 5.93. The molecule has 2 aromatic rings. The highest BCUT2D eigenvalue weighted by Gasteiger charge is 2.20. The van der Waals surface area contributed by atoms with E-state index in [1.165, 1.54) is 11.1 Å². The van der Waals surface area contributed by atoms with Gasteiger partial charge in [0, 0.05) is 31.9 Å². The fourth-order valence-corrected chi connectivity index (χ4v) is 3.05.